The Balaban J connectivity index is 1.22. The molecule has 0 spiro atoms. The fraction of sp³-hybridized carbons (Fsp3) is 0.674. The van der Waals surface area contributed by atoms with Crippen LogP contribution in [0.15, 0.2) is 36.9 Å². The summed E-state index contributed by atoms with van der Waals surface area (Å²) in [6.45, 7) is 9.83. The van der Waals surface area contributed by atoms with Crippen LogP contribution in [0.3, 0.4) is 0 Å². The molecule has 2 aliphatic heterocycles. The minimum atomic E-state index is -3.84. The number of nitrogens with zero attached hydrogens (tertiary/aromatic N) is 2. The molecule has 1 aromatic heterocycles. The highest BCUT2D eigenvalue weighted by Crippen LogP contribution is 2.57. The highest BCUT2D eigenvalue weighted by Gasteiger charge is 2.61. The number of sulfonamides is 1. The molecule has 7 rings (SSSR count). The minimum Gasteiger partial charge on any atom is -0.497 e. The normalized spacial score (nSPS) is 31.7. The van der Waals surface area contributed by atoms with Crippen LogP contribution in [0.2, 0.25) is 0 Å². The van der Waals surface area contributed by atoms with Gasteiger partial charge in [0, 0.05) is 30.6 Å². The first kappa shape index (κ1) is 40.6. The standard InChI is InChI=1S/C43H59N3O9S/c1-6-28-23-43(28,41(50)45-56(51,52)31-16-17-31)24-36(47)35-21-30-25-46(35)40(49)32(42(2,3)4)22-39(48)55-37-14-10-12-26(37)11-8-7-9-13-34-38(54-30)20-27-19-29(53-5)15-18-33(27)44-34/h6,15,18-20,26,28,30-32,35,37,39,48H,1,7-14,16-17,21-25H2,2-5H3,(H,45,50)/t26-,28-,30-,32-,35+,37?,39?,43-/m1/s1. The van der Waals surface area contributed by atoms with Gasteiger partial charge in [0.05, 0.1) is 47.7 Å². The zero-order valence-electron chi connectivity index (χ0n) is 33.3. The summed E-state index contributed by atoms with van der Waals surface area (Å²) >= 11 is 0. The quantitative estimate of drug-likeness (QED) is 0.303. The lowest BCUT2D eigenvalue weighted by atomic mass is 9.77. The molecule has 2 N–H and O–H groups in total. The van der Waals surface area contributed by atoms with Crippen molar-refractivity contribution in [2.24, 2.45) is 28.6 Å². The second-order valence-corrected chi connectivity index (χ2v) is 20.0. The number of hydrogen-bond donors (Lipinski definition) is 2. The van der Waals surface area contributed by atoms with Gasteiger partial charge in [0.2, 0.25) is 21.8 Å². The number of methoxy groups -OCH3 is 1. The summed E-state index contributed by atoms with van der Waals surface area (Å²) in [4.78, 5) is 49.8. The van der Waals surface area contributed by atoms with E-state index in [0.29, 0.717) is 43.1 Å². The molecule has 3 heterocycles. The van der Waals surface area contributed by atoms with E-state index in [4.69, 9.17) is 19.2 Å². The van der Waals surface area contributed by atoms with E-state index >= 15 is 0 Å². The molecule has 0 radical (unpaired) electrons. The number of aryl methyl sites for hydroxylation is 1. The average molecular weight is 794 g/mol. The van der Waals surface area contributed by atoms with Crippen LogP contribution in [0.1, 0.15) is 110 Å². The number of ether oxygens (including phenoxy) is 3. The Labute approximate surface area is 331 Å². The van der Waals surface area contributed by atoms with Gasteiger partial charge in [0.15, 0.2) is 12.1 Å². The Hall–Kier alpha value is -3.55. The van der Waals surface area contributed by atoms with Gasteiger partial charge in [-0.05, 0) is 92.9 Å². The van der Waals surface area contributed by atoms with Crippen LogP contribution >= 0.6 is 0 Å². The number of Topliss-reactive ketones (excluding diaryl/α,β-unsaturated/α-hetero) is 1. The van der Waals surface area contributed by atoms with E-state index in [0.717, 1.165) is 61.5 Å². The van der Waals surface area contributed by atoms with Crippen molar-refractivity contribution in [3.8, 4) is 11.5 Å². The van der Waals surface area contributed by atoms with Gasteiger partial charge in [-0.3, -0.25) is 19.1 Å². The molecule has 4 fully saturated rings. The van der Waals surface area contributed by atoms with Crippen molar-refractivity contribution in [1.29, 1.82) is 0 Å². The van der Waals surface area contributed by atoms with Gasteiger partial charge in [-0.15, -0.1) is 6.58 Å². The molecule has 13 heteroatoms. The van der Waals surface area contributed by atoms with Crippen molar-refractivity contribution in [3.05, 3.63) is 42.6 Å². The van der Waals surface area contributed by atoms with Gasteiger partial charge >= 0.3 is 0 Å². The van der Waals surface area contributed by atoms with E-state index in [-0.39, 0.29) is 49.5 Å². The Morgan fingerprint density at radius 3 is 2.55 bits per heavy atom. The van der Waals surface area contributed by atoms with Crippen LogP contribution < -0.4 is 14.2 Å². The number of hydrogen-bond acceptors (Lipinski definition) is 10. The number of aliphatic hydroxyl groups is 1. The summed E-state index contributed by atoms with van der Waals surface area (Å²) in [7, 11) is -2.23. The summed E-state index contributed by atoms with van der Waals surface area (Å²) in [5.74, 6) is -0.764. The lowest BCUT2D eigenvalue weighted by molar-refractivity contribution is -0.169. The van der Waals surface area contributed by atoms with Crippen molar-refractivity contribution in [1.82, 2.24) is 14.6 Å². The fourth-order valence-corrected chi connectivity index (χ4v) is 10.8. The number of nitrogens with one attached hydrogen (secondary N) is 1. The van der Waals surface area contributed by atoms with Crippen molar-refractivity contribution >= 4 is 38.5 Å². The smallest absolute Gasteiger partial charge is 0.240 e. The monoisotopic (exact) mass is 793 g/mol. The van der Waals surface area contributed by atoms with Gasteiger partial charge < -0.3 is 24.2 Å². The lowest BCUT2D eigenvalue weighted by Gasteiger charge is -2.36. The summed E-state index contributed by atoms with van der Waals surface area (Å²) in [6.07, 6.45) is 8.68. The number of carbonyl (C=O) groups excluding carboxylic acids is 3. The molecule has 2 unspecified atom stereocenters. The minimum absolute atomic E-state index is 0.0684. The van der Waals surface area contributed by atoms with Crippen molar-refractivity contribution in [3.63, 3.8) is 0 Å². The number of aliphatic hydroxyl groups excluding tert-OH is 1. The predicted molar refractivity (Wildman–Crippen MR) is 211 cm³/mol. The number of pyridine rings is 1. The molecule has 5 aliphatic rings. The Morgan fingerprint density at radius 1 is 1.09 bits per heavy atom. The number of allylic oxidation sites excluding steroid dienone is 1. The zero-order chi connectivity index (χ0) is 40.0. The number of ketones is 1. The van der Waals surface area contributed by atoms with E-state index in [1.807, 2.05) is 45.0 Å². The van der Waals surface area contributed by atoms with Gasteiger partial charge in [-0.25, -0.2) is 13.4 Å². The molecule has 56 heavy (non-hydrogen) atoms. The first-order valence-electron chi connectivity index (χ1n) is 20.6. The first-order chi connectivity index (χ1) is 26.6. The molecule has 2 bridgehead atoms. The number of aromatic nitrogens is 1. The molecule has 1 aromatic carbocycles. The van der Waals surface area contributed by atoms with Crippen molar-refractivity contribution < 1.29 is 42.1 Å². The molecule has 3 saturated carbocycles. The topological polar surface area (TPSA) is 161 Å². The largest absolute Gasteiger partial charge is 0.497 e. The van der Waals surface area contributed by atoms with Crippen LogP contribution in [0.25, 0.3) is 10.9 Å². The van der Waals surface area contributed by atoms with Crippen molar-refractivity contribution in [2.75, 3.05) is 13.7 Å². The number of fused-ring (bicyclic) bond motifs is 5. The molecule has 12 nitrogen and oxygen atoms in total. The number of amides is 2. The van der Waals surface area contributed by atoms with Crippen LogP contribution in [-0.2, 0) is 35.6 Å². The summed E-state index contributed by atoms with van der Waals surface area (Å²) in [6, 6.07) is 6.75. The summed E-state index contributed by atoms with van der Waals surface area (Å²) < 4.78 is 46.5. The number of carbonyl (C=O) groups is 3. The molecule has 3 aliphatic carbocycles. The third-order valence-corrected chi connectivity index (χ3v) is 14.8. The van der Waals surface area contributed by atoms with E-state index in [2.05, 4.69) is 11.3 Å². The first-order valence-corrected chi connectivity index (χ1v) is 22.2. The van der Waals surface area contributed by atoms with E-state index in [9.17, 15) is 27.9 Å². The molecule has 2 amide bonds. The Morgan fingerprint density at radius 2 is 1.86 bits per heavy atom. The maximum atomic E-state index is 14.9. The SMILES string of the molecule is C=C[C@@H]1C[C@]1(CC(=O)[C@@H]1C[C@@H]2CN1C(=O)[C@H](C(C)(C)C)CC(O)OC1CCC[C@H]1CCCCCc1nc3ccc(OC)cc3cc1O2)C(=O)NS(=O)(=O)C1CC1. The van der Waals surface area contributed by atoms with E-state index in [1.165, 1.54) is 0 Å². The lowest BCUT2D eigenvalue weighted by Crippen LogP contribution is -2.49. The fourth-order valence-electron chi connectivity index (χ4n) is 9.37. The van der Waals surface area contributed by atoms with E-state index in [1.54, 1.807) is 18.1 Å². The second kappa shape index (κ2) is 16.0. The maximum Gasteiger partial charge on any atom is 0.240 e. The molecular formula is C43H59N3O9S. The molecule has 2 aromatic rings. The van der Waals surface area contributed by atoms with Gasteiger partial charge in [0.25, 0.3) is 0 Å². The van der Waals surface area contributed by atoms with Gasteiger partial charge in [-0.1, -0.05) is 46.1 Å². The maximum absolute atomic E-state index is 14.9. The third-order valence-electron chi connectivity index (χ3n) is 13.0. The predicted octanol–water partition coefficient (Wildman–Crippen LogP) is 6.02. The Bertz CT molecular complexity index is 1940. The third kappa shape index (κ3) is 8.65. The van der Waals surface area contributed by atoms with Crippen LogP contribution in [0.5, 0.6) is 11.5 Å². The molecule has 306 valence electrons. The highest BCUT2D eigenvalue weighted by atomic mass is 32.2. The second-order valence-electron chi connectivity index (χ2n) is 18.1. The Kier molecular flexibility index (Phi) is 11.6. The average Bonchev–Trinajstić information content (AvgIpc) is 4.04. The van der Waals surface area contributed by atoms with Crippen LogP contribution in [0, 0.1) is 28.6 Å². The van der Waals surface area contributed by atoms with Crippen LogP contribution in [0.4, 0.5) is 0 Å². The van der Waals surface area contributed by atoms with Gasteiger partial charge in [0.1, 0.15) is 17.6 Å². The summed E-state index contributed by atoms with van der Waals surface area (Å²) in [5, 5.41) is 11.6. The highest BCUT2D eigenvalue weighted by molar-refractivity contribution is 7.90. The van der Waals surface area contributed by atoms with Crippen LogP contribution in [-0.4, -0.2) is 84.5 Å². The molecule has 8 atom stereocenters. The van der Waals surface area contributed by atoms with Crippen molar-refractivity contribution in [2.45, 2.75) is 140 Å². The number of benzene rings is 1. The van der Waals surface area contributed by atoms with Gasteiger partial charge in [-0.2, -0.15) is 0 Å². The molecular weight excluding hydrogens is 735 g/mol. The number of rotatable bonds is 8. The summed E-state index contributed by atoms with van der Waals surface area (Å²) in [5.41, 5.74) is -0.229. The zero-order valence-corrected chi connectivity index (χ0v) is 34.2. The van der Waals surface area contributed by atoms with E-state index < -0.39 is 56.4 Å². The molecule has 1 saturated heterocycles.